The van der Waals surface area contributed by atoms with E-state index in [1.54, 1.807) is 14.2 Å². The van der Waals surface area contributed by atoms with Crippen LogP contribution in [0.1, 0.15) is 11.1 Å². The van der Waals surface area contributed by atoms with Gasteiger partial charge in [0.15, 0.2) is 11.5 Å². The van der Waals surface area contributed by atoms with Crippen molar-refractivity contribution < 1.29 is 14.3 Å². The normalized spacial score (nSPS) is 19.4. The number of hydrogen-bond acceptors (Lipinski definition) is 5. The quantitative estimate of drug-likeness (QED) is 0.558. The maximum Gasteiger partial charge on any atom is 0.229 e. The lowest BCUT2D eigenvalue weighted by molar-refractivity contribution is -0.121. The van der Waals surface area contributed by atoms with E-state index >= 15 is 0 Å². The van der Waals surface area contributed by atoms with Gasteiger partial charge in [-0.25, -0.2) is 0 Å². The number of anilines is 2. The molecule has 3 aromatic rings. The minimum atomic E-state index is -0.141. The minimum absolute atomic E-state index is 0.0478. The summed E-state index contributed by atoms with van der Waals surface area (Å²) in [6.07, 6.45) is 1.76. The van der Waals surface area contributed by atoms with Gasteiger partial charge in [0.05, 0.1) is 26.2 Å². The summed E-state index contributed by atoms with van der Waals surface area (Å²) in [5, 5.41) is 3.15. The van der Waals surface area contributed by atoms with Crippen molar-refractivity contribution in [2.24, 2.45) is 5.92 Å². The summed E-state index contributed by atoms with van der Waals surface area (Å²) in [5.41, 5.74) is 4.59. The molecule has 5 rings (SSSR count). The molecule has 0 saturated carbocycles. The van der Waals surface area contributed by atoms with Gasteiger partial charge in [-0.3, -0.25) is 9.69 Å². The van der Waals surface area contributed by atoms with Crippen LogP contribution in [0.2, 0.25) is 0 Å². The summed E-state index contributed by atoms with van der Waals surface area (Å²) in [6, 6.07) is 24.8. The van der Waals surface area contributed by atoms with Crippen LogP contribution < -0.4 is 19.7 Å². The first-order chi connectivity index (χ1) is 17.2. The number of rotatable bonds is 7. The van der Waals surface area contributed by atoms with E-state index in [1.807, 2.05) is 18.2 Å². The highest BCUT2D eigenvalue weighted by Crippen LogP contribution is 2.37. The van der Waals surface area contributed by atoms with Crippen molar-refractivity contribution >= 4 is 17.3 Å². The maximum atomic E-state index is 13.6. The molecule has 3 aromatic carbocycles. The molecular weight excluding hydrogens is 438 g/mol. The highest BCUT2D eigenvalue weighted by Gasteiger charge is 2.41. The van der Waals surface area contributed by atoms with E-state index in [0.717, 1.165) is 44.7 Å². The fraction of sp³-hybridized carbons (Fsp3) is 0.345. The number of para-hydroxylation sites is 1. The highest BCUT2D eigenvalue weighted by atomic mass is 16.5. The molecule has 6 nitrogen and oxygen atoms in total. The molecule has 0 unspecified atom stereocenters. The Bertz CT molecular complexity index is 1170. The third kappa shape index (κ3) is 4.98. The second kappa shape index (κ2) is 10.4. The molecule has 0 aromatic heterocycles. The molecule has 2 atom stereocenters. The van der Waals surface area contributed by atoms with Crippen molar-refractivity contribution in [2.75, 3.05) is 50.6 Å². The number of carbonyl (C=O) groups is 1. The zero-order chi connectivity index (χ0) is 24.2. The van der Waals surface area contributed by atoms with Gasteiger partial charge in [0.2, 0.25) is 5.91 Å². The fourth-order valence-corrected chi connectivity index (χ4v) is 5.40. The molecule has 0 spiro atoms. The van der Waals surface area contributed by atoms with Crippen LogP contribution >= 0.6 is 0 Å². The SMILES string of the molecule is COc1ccc(NC(=O)[C@@H]2Cc3ccccc3N3CCN(CCc4ccccc4)C[C@H]23)cc1OC. The van der Waals surface area contributed by atoms with E-state index < -0.39 is 0 Å². The van der Waals surface area contributed by atoms with Gasteiger partial charge in [-0.15, -0.1) is 0 Å². The second-order valence-corrected chi connectivity index (χ2v) is 9.30. The number of benzene rings is 3. The molecule has 2 aliphatic rings. The Morgan fingerprint density at radius 1 is 0.943 bits per heavy atom. The Hall–Kier alpha value is -3.51. The summed E-state index contributed by atoms with van der Waals surface area (Å²) >= 11 is 0. The Balaban J connectivity index is 1.35. The third-order valence-electron chi connectivity index (χ3n) is 7.26. The lowest BCUT2D eigenvalue weighted by atomic mass is 9.83. The molecule has 0 bridgehead atoms. The van der Waals surface area contributed by atoms with Crippen molar-refractivity contribution in [3.05, 3.63) is 83.9 Å². The lowest BCUT2D eigenvalue weighted by Gasteiger charge is -2.49. The molecular formula is C29H33N3O3. The predicted molar refractivity (Wildman–Crippen MR) is 140 cm³/mol. The standard InChI is InChI=1S/C29H33N3O3/c1-34-27-13-12-23(19-28(27)35-2)30-29(33)24-18-22-10-6-7-11-25(22)32-17-16-31(20-26(24)32)15-14-21-8-4-3-5-9-21/h3-13,19,24,26H,14-18,20H2,1-2H3,(H,30,33)/t24-,26-/m1/s1. The number of nitrogens with zero attached hydrogens (tertiary/aromatic N) is 2. The van der Waals surface area contributed by atoms with Gasteiger partial charge in [-0.05, 0) is 42.2 Å². The number of nitrogens with one attached hydrogen (secondary N) is 1. The van der Waals surface area contributed by atoms with Crippen molar-refractivity contribution in [1.29, 1.82) is 0 Å². The number of methoxy groups -OCH3 is 2. The molecule has 6 heteroatoms. The Morgan fingerprint density at radius 2 is 1.71 bits per heavy atom. The number of fused-ring (bicyclic) bond motifs is 3. The van der Waals surface area contributed by atoms with E-state index in [-0.39, 0.29) is 17.9 Å². The topological polar surface area (TPSA) is 54.0 Å². The largest absolute Gasteiger partial charge is 0.493 e. The number of carbonyl (C=O) groups excluding carboxylic acids is 1. The van der Waals surface area contributed by atoms with Crippen LogP contribution in [0, 0.1) is 5.92 Å². The van der Waals surface area contributed by atoms with Crippen molar-refractivity contribution in [3.8, 4) is 11.5 Å². The van der Waals surface area contributed by atoms with Crippen molar-refractivity contribution in [3.63, 3.8) is 0 Å². The number of hydrogen-bond donors (Lipinski definition) is 1. The summed E-state index contributed by atoms with van der Waals surface area (Å²) < 4.78 is 10.8. The van der Waals surface area contributed by atoms with E-state index in [1.165, 1.54) is 16.8 Å². The molecule has 0 aliphatic carbocycles. The molecule has 2 aliphatic heterocycles. The van der Waals surface area contributed by atoms with Crippen LogP contribution in [0.4, 0.5) is 11.4 Å². The van der Waals surface area contributed by atoms with Gasteiger partial charge in [-0.2, -0.15) is 0 Å². The first-order valence-corrected chi connectivity index (χ1v) is 12.3. The van der Waals surface area contributed by atoms with Crippen LogP contribution in [-0.4, -0.2) is 57.2 Å². The summed E-state index contributed by atoms with van der Waals surface area (Å²) in [4.78, 5) is 18.6. The van der Waals surface area contributed by atoms with E-state index in [0.29, 0.717) is 11.5 Å². The van der Waals surface area contributed by atoms with Crippen LogP contribution in [-0.2, 0) is 17.6 Å². The molecule has 35 heavy (non-hydrogen) atoms. The molecule has 1 N–H and O–H groups in total. The van der Waals surface area contributed by atoms with Crippen LogP contribution in [0.5, 0.6) is 11.5 Å². The smallest absolute Gasteiger partial charge is 0.229 e. The maximum absolute atomic E-state index is 13.6. The van der Waals surface area contributed by atoms with Crippen LogP contribution in [0.15, 0.2) is 72.8 Å². The average Bonchev–Trinajstić information content (AvgIpc) is 2.91. The first kappa shape index (κ1) is 23.2. The molecule has 0 radical (unpaired) electrons. The van der Waals surface area contributed by atoms with Gasteiger partial charge in [0.25, 0.3) is 0 Å². The van der Waals surface area contributed by atoms with Crippen molar-refractivity contribution in [1.82, 2.24) is 4.90 Å². The molecule has 1 amide bonds. The molecule has 182 valence electrons. The van der Waals surface area contributed by atoms with E-state index in [4.69, 9.17) is 9.47 Å². The molecule has 1 saturated heterocycles. The molecule has 1 fully saturated rings. The number of amides is 1. The summed E-state index contributed by atoms with van der Waals surface area (Å²) in [6.45, 7) is 3.81. The lowest BCUT2D eigenvalue weighted by Crippen LogP contribution is -2.60. The average molecular weight is 472 g/mol. The highest BCUT2D eigenvalue weighted by molar-refractivity contribution is 5.94. The van der Waals surface area contributed by atoms with Gasteiger partial charge in [-0.1, -0.05) is 48.5 Å². The Morgan fingerprint density at radius 3 is 2.51 bits per heavy atom. The Kier molecular flexibility index (Phi) is 6.91. The van der Waals surface area contributed by atoms with Crippen LogP contribution in [0.25, 0.3) is 0 Å². The predicted octanol–water partition coefficient (Wildman–Crippen LogP) is 4.25. The van der Waals surface area contributed by atoms with Crippen LogP contribution in [0.3, 0.4) is 0 Å². The minimum Gasteiger partial charge on any atom is -0.493 e. The number of ether oxygens (including phenoxy) is 2. The van der Waals surface area contributed by atoms with E-state index in [9.17, 15) is 4.79 Å². The van der Waals surface area contributed by atoms with Gasteiger partial charge in [0, 0.05) is 43.6 Å². The Labute approximate surface area is 207 Å². The molecule has 2 heterocycles. The van der Waals surface area contributed by atoms with Crippen molar-refractivity contribution in [2.45, 2.75) is 18.9 Å². The monoisotopic (exact) mass is 471 g/mol. The summed E-state index contributed by atoms with van der Waals surface area (Å²) in [7, 11) is 3.21. The second-order valence-electron chi connectivity index (χ2n) is 9.30. The zero-order valence-electron chi connectivity index (χ0n) is 20.4. The summed E-state index contributed by atoms with van der Waals surface area (Å²) in [5.74, 6) is 1.15. The number of piperazine rings is 1. The van der Waals surface area contributed by atoms with E-state index in [2.05, 4.69) is 69.7 Å². The van der Waals surface area contributed by atoms with Gasteiger partial charge in [0.1, 0.15) is 0 Å². The van der Waals surface area contributed by atoms with Gasteiger partial charge < -0.3 is 19.7 Å². The third-order valence-corrected chi connectivity index (χ3v) is 7.26. The fourth-order valence-electron chi connectivity index (χ4n) is 5.40. The first-order valence-electron chi connectivity index (χ1n) is 12.3. The zero-order valence-corrected chi connectivity index (χ0v) is 20.4. The van der Waals surface area contributed by atoms with Gasteiger partial charge >= 0.3 is 0 Å².